The molecule has 31 heavy (non-hydrogen) atoms. The average Bonchev–Trinajstić information content (AvgIpc) is 3.07. The Bertz CT molecular complexity index is 937. The predicted molar refractivity (Wildman–Crippen MR) is 109 cm³/mol. The number of carboxylic acids is 1. The molecule has 2 aromatic rings. The number of benzene rings is 1. The van der Waals surface area contributed by atoms with Gasteiger partial charge in [-0.3, -0.25) is 9.69 Å². The number of nitrogens with zero attached hydrogens (tertiary/aromatic N) is 2. The number of nitrogens with one attached hydrogen (secondary N) is 1. The lowest BCUT2D eigenvalue weighted by Gasteiger charge is -2.39. The minimum absolute atomic E-state index is 0.235. The summed E-state index contributed by atoms with van der Waals surface area (Å²) in [7, 11) is 0. The fourth-order valence-corrected chi connectivity index (χ4v) is 4.57. The molecule has 1 spiro atoms. The van der Waals surface area contributed by atoms with Crippen LogP contribution in [0.3, 0.4) is 0 Å². The smallest absolute Gasteiger partial charge is 0.475 e. The van der Waals surface area contributed by atoms with Crippen LogP contribution < -0.4 is 5.32 Å². The quantitative estimate of drug-likeness (QED) is 0.724. The zero-order valence-electron chi connectivity index (χ0n) is 17.0. The van der Waals surface area contributed by atoms with Gasteiger partial charge in [0.15, 0.2) is 0 Å². The first-order chi connectivity index (χ1) is 14.6. The topological polar surface area (TPSA) is 82.5 Å². The van der Waals surface area contributed by atoms with Gasteiger partial charge in [0.2, 0.25) is 5.91 Å². The van der Waals surface area contributed by atoms with Gasteiger partial charge in [-0.2, -0.15) is 13.2 Å². The van der Waals surface area contributed by atoms with Crippen LogP contribution in [0.15, 0.2) is 29.6 Å². The summed E-state index contributed by atoms with van der Waals surface area (Å²) >= 11 is 1.71. The number of aryl methyl sites for hydroxylation is 1. The Kier molecular flexibility index (Phi) is 7.00. The van der Waals surface area contributed by atoms with Crippen molar-refractivity contribution in [3.8, 4) is 0 Å². The van der Waals surface area contributed by atoms with Crippen LogP contribution in [0, 0.1) is 12.3 Å². The largest absolute Gasteiger partial charge is 0.490 e. The zero-order valence-corrected chi connectivity index (χ0v) is 17.9. The second-order valence-corrected chi connectivity index (χ2v) is 8.91. The van der Waals surface area contributed by atoms with Gasteiger partial charge in [-0.1, -0.05) is 24.3 Å². The number of hydrogen-bond acceptors (Lipinski definition) is 5. The molecule has 0 aliphatic carbocycles. The van der Waals surface area contributed by atoms with Crippen LogP contribution in [0.1, 0.15) is 34.7 Å². The number of aliphatic carboxylic acids is 1. The lowest BCUT2D eigenvalue weighted by molar-refractivity contribution is -0.192. The number of carbonyl (C=O) groups excluding carboxylic acids is 1. The second-order valence-electron chi connectivity index (χ2n) is 7.85. The van der Waals surface area contributed by atoms with Gasteiger partial charge in [-0.25, -0.2) is 9.78 Å². The third kappa shape index (κ3) is 5.82. The number of hydrogen-bond donors (Lipinski definition) is 2. The highest BCUT2D eigenvalue weighted by Crippen LogP contribution is 2.38. The minimum Gasteiger partial charge on any atom is -0.475 e. The number of piperidine rings is 1. The number of carbonyl (C=O) groups is 2. The Morgan fingerprint density at radius 2 is 1.87 bits per heavy atom. The Morgan fingerprint density at radius 3 is 2.42 bits per heavy atom. The van der Waals surface area contributed by atoms with E-state index in [0.717, 1.165) is 49.6 Å². The molecule has 1 saturated heterocycles. The molecule has 2 N–H and O–H groups in total. The van der Waals surface area contributed by atoms with Crippen molar-refractivity contribution in [2.45, 2.75) is 45.5 Å². The van der Waals surface area contributed by atoms with Gasteiger partial charge in [-0.15, -0.1) is 11.3 Å². The van der Waals surface area contributed by atoms with Crippen LogP contribution in [-0.2, 0) is 29.1 Å². The van der Waals surface area contributed by atoms with Gasteiger partial charge in [0, 0.05) is 18.5 Å². The summed E-state index contributed by atoms with van der Waals surface area (Å²) in [4.78, 5) is 28.7. The van der Waals surface area contributed by atoms with Crippen molar-refractivity contribution in [3.05, 3.63) is 51.5 Å². The number of alkyl halides is 3. The summed E-state index contributed by atoms with van der Waals surface area (Å²) in [6.45, 7) is 5.54. The molecule has 3 heterocycles. The van der Waals surface area contributed by atoms with Crippen molar-refractivity contribution >= 4 is 23.2 Å². The standard InChI is InChI=1S/C19H23N3OS.C2HF3O2/c1-14-21-17(13-24-14)12-22-8-6-19(7-9-22)10-15-4-2-3-5-16(15)11-20-18(19)23;3-2(4,5)1(6)7/h2-5,13H,6-12H2,1H3,(H,20,23);(H,6,7). The van der Waals surface area contributed by atoms with Crippen LogP contribution in [-0.4, -0.2) is 46.1 Å². The van der Waals surface area contributed by atoms with Crippen molar-refractivity contribution < 1.29 is 27.9 Å². The predicted octanol–water partition coefficient (Wildman–Crippen LogP) is 3.54. The molecular weight excluding hydrogens is 431 g/mol. The van der Waals surface area contributed by atoms with Crippen molar-refractivity contribution in [2.24, 2.45) is 5.41 Å². The molecule has 1 amide bonds. The fourth-order valence-electron chi connectivity index (χ4n) is 3.96. The maximum Gasteiger partial charge on any atom is 0.490 e. The van der Waals surface area contributed by atoms with Crippen molar-refractivity contribution in [2.75, 3.05) is 13.1 Å². The van der Waals surface area contributed by atoms with Crippen LogP contribution in [0.4, 0.5) is 13.2 Å². The van der Waals surface area contributed by atoms with Crippen molar-refractivity contribution in [3.63, 3.8) is 0 Å². The molecule has 0 radical (unpaired) electrons. The number of aromatic nitrogens is 1. The van der Waals surface area contributed by atoms with E-state index in [9.17, 15) is 18.0 Å². The molecule has 4 rings (SSSR count). The highest BCUT2D eigenvalue weighted by molar-refractivity contribution is 7.09. The summed E-state index contributed by atoms with van der Waals surface area (Å²) in [6, 6.07) is 8.46. The van der Waals surface area contributed by atoms with Gasteiger partial charge in [-0.05, 0) is 50.4 Å². The zero-order chi connectivity index (χ0) is 22.6. The molecule has 0 unspecified atom stereocenters. The van der Waals surface area contributed by atoms with Gasteiger partial charge in [0.25, 0.3) is 0 Å². The third-order valence-corrected chi connectivity index (χ3v) is 6.50. The van der Waals surface area contributed by atoms with Gasteiger partial charge >= 0.3 is 12.1 Å². The number of fused-ring (bicyclic) bond motifs is 1. The summed E-state index contributed by atoms with van der Waals surface area (Å²) in [5.41, 5.74) is 3.52. The summed E-state index contributed by atoms with van der Waals surface area (Å²) < 4.78 is 31.7. The molecule has 0 atom stereocenters. The molecular formula is C21H24F3N3O3S. The van der Waals surface area contributed by atoms with E-state index in [1.54, 1.807) is 11.3 Å². The normalized spacial score (nSPS) is 18.4. The van der Waals surface area contributed by atoms with Crippen molar-refractivity contribution in [1.82, 2.24) is 15.2 Å². The van der Waals surface area contributed by atoms with E-state index < -0.39 is 12.1 Å². The van der Waals surface area contributed by atoms with E-state index in [-0.39, 0.29) is 11.3 Å². The molecule has 168 valence electrons. The molecule has 2 aliphatic rings. The van der Waals surface area contributed by atoms with E-state index in [2.05, 4.69) is 44.8 Å². The molecule has 6 nitrogen and oxygen atoms in total. The molecule has 1 aromatic heterocycles. The first-order valence-electron chi connectivity index (χ1n) is 9.88. The summed E-state index contributed by atoms with van der Waals surface area (Å²) in [6.07, 6.45) is -2.36. The van der Waals surface area contributed by atoms with Gasteiger partial charge in [0.05, 0.1) is 16.1 Å². The van der Waals surface area contributed by atoms with E-state index in [1.165, 1.54) is 11.1 Å². The number of halogens is 3. The Hall–Kier alpha value is -2.46. The Morgan fingerprint density at radius 1 is 1.26 bits per heavy atom. The van der Waals surface area contributed by atoms with Gasteiger partial charge < -0.3 is 10.4 Å². The maximum atomic E-state index is 12.8. The first kappa shape index (κ1) is 23.2. The summed E-state index contributed by atoms with van der Waals surface area (Å²) in [5.74, 6) is -2.52. The highest BCUT2D eigenvalue weighted by Gasteiger charge is 2.43. The lowest BCUT2D eigenvalue weighted by Crippen LogP contribution is -2.48. The minimum atomic E-state index is -5.08. The van der Waals surface area contributed by atoms with Crippen molar-refractivity contribution in [1.29, 1.82) is 0 Å². The molecule has 2 aliphatic heterocycles. The first-order valence-corrected chi connectivity index (χ1v) is 10.8. The third-order valence-electron chi connectivity index (χ3n) is 5.68. The van der Waals surface area contributed by atoms with E-state index in [4.69, 9.17) is 9.90 Å². The van der Waals surface area contributed by atoms with Crippen LogP contribution in [0.2, 0.25) is 0 Å². The number of likely N-dealkylation sites (tertiary alicyclic amines) is 1. The molecule has 0 bridgehead atoms. The molecule has 0 saturated carbocycles. The maximum absolute atomic E-state index is 12.8. The molecule has 1 aromatic carbocycles. The van der Waals surface area contributed by atoms with E-state index in [0.29, 0.717) is 6.54 Å². The van der Waals surface area contributed by atoms with Crippen LogP contribution >= 0.6 is 11.3 Å². The average molecular weight is 456 g/mol. The van der Waals surface area contributed by atoms with E-state index in [1.807, 2.05) is 6.92 Å². The van der Waals surface area contributed by atoms with Gasteiger partial charge in [0.1, 0.15) is 0 Å². The number of amides is 1. The number of thiazole rings is 1. The number of carboxylic acid groups (broad SMARTS) is 1. The molecule has 1 fully saturated rings. The SMILES string of the molecule is Cc1nc(CN2CCC3(CC2)Cc2ccccc2CNC3=O)cs1.O=C(O)C(F)(F)F. The van der Waals surface area contributed by atoms with E-state index >= 15 is 0 Å². The fraction of sp³-hybridized carbons (Fsp3) is 0.476. The van der Waals surface area contributed by atoms with Crippen LogP contribution in [0.5, 0.6) is 0 Å². The Labute approximate surface area is 182 Å². The highest BCUT2D eigenvalue weighted by atomic mass is 32.1. The second kappa shape index (κ2) is 9.35. The number of rotatable bonds is 2. The molecule has 10 heteroatoms. The summed E-state index contributed by atoms with van der Waals surface area (Å²) in [5, 5.41) is 13.6. The monoisotopic (exact) mass is 455 g/mol. The lowest BCUT2D eigenvalue weighted by atomic mass is 9.73. The Balaban J connectivity index is 0.000000339. The van der Waals surface area contributed by atoms with Crippen LogP contribution in [0.25, 0.3) is 0 Å².